The molecule has 2 aliphatic rings. The van der Waals surface area contributed by atoms with Gasteiger partial charge in [-0.1, -0.05) is 0 Å². The number of nitrogens with zero attached hydrogens (tertiary/aromatic N) is 2. The minimum absolute atomic E-state index is 0.0910. The number of rotatable bonds is 7. The van der Waals surface area contributed by atoms with Crippen molar-refractivity contribution in [2.75, 3.05) is 19.6 Å². The van der Waals surface area contributed by atoms with Crippen molar-refractivity contribution in [3.8, 4) is 0 Å². The highest BCUT2D eigenvalue weighted by atomic mass is 16.3. The maximum absolute atomic E-state index is 12.4. The number of aromatic nitrogens is 2. The number of carbonyl (C=O) groups is 1. The molecule has 1 fully saturated rings. The number of furan rings is 1. The molecular formula is C20H28N4O2. The Morgan fingerprint density at radius 1 is 1.27 bits per heavy atom. The summed E-state index contributed by atoms with van der Waals surface area (Å²) in [6, 6.07) is 4.06. The lowest BCUT2D eigenvalue weighted by atomic mass is 9.94. The summed E-state index contributed by atoms with van der Waals surface area (Å²) in [7, 11) is 0. The number of fused-ring (bicyclic) bond motifs is 1. The summed E-state index contributed by atoms with van der Waals surface area (Å²) in [6.07, 6.45) is 10.0. The van der Waals surface area contributed by atoms with Crippen molar-refractivity contribution in [2.45, 2.75) is 57.4 Å². The minimum Gasteiger partial charge on any atom is -0.468 e. The van der Waals surface area contributed by atoms with E-state index in [1.54, 1.807) is 6.26 Å². The largest absolute Gasteiger partial charge is 0.468 e. The molecule has 1 aliphatic carbocycles. The van der Waals surface area contributed by atoms with Crippen LogP contribution in [0.5, 0.6) is 0 Å². The van der Waals surface area contributed by atoms with E-state index < -0.39 is 0 Å². The van der Waals surface area contributed by atoms with Gasteiger partial charge in [0.05, 0.1) is 18.0 Å². The lowest BCUT2D eigenvalue weighted by Gasteiger charge is -2.26. The monoisotopic (exact) mass is 356 g/mol. The van der Waals surface area contributed by atoms with Crippen LogP contribution in [0.4, 0.5) is 0 Å². The number of nitrogens with one attached hydrogen (secondary N) is 2. The molecule has 6 heteroatoms. The highest BCUT2D eigenvalue weighted by Gasteiger charge is 2.26. The summed E-state index contributed by atoms with van der Waals surface area (Å²) in [5, 5.41) is 10.7. The predicted octanol–water partition coefficient (Wildman–Crippen LogP) is 2.77. The highest BCUT2D eigenvalue weighted by Crippen LogP contribution is 2.25. The molecule has 2 aromatic rings. The molecule has 2 aromatic heterocycles. The number of H-pyrrole nitrogens is 1. The Balaban J connectivity index is 1.30. The molecule has 3 heterocycles. The number of aromatic amines is 1. The van der Waals surface area contributed by atoms with Gasteiger partial charge in [0, 0.05) is 25.1 Å². The smallest absolute Gasteiger partial charge is 0.220 e. The molecule has 2 N–H and O–H groups in total. The zero-order valence-corrected chi connectivity index (χ0v) is 15.3. The Kier molecular flexibility index (Phi) is 5.39. The Morgan fingerprint density at radius 3 is 2.92 bits per heavy atom. The number of hydrogen-bond donors (Lipinski definition) is 2. The fourth-order valence-corrected chi connectivity index (χ4v) is 4.23. The van der Waals surface area contributed by atoms with Crippen LogP contribution in [0.25, 0.3) is 0 Å². The number of amides is 1. The van der Waals surface area contributed by atoms with E-state index in [4.69, 9.17) is 4.42 Å². The van der Waals surface area contributed by atoms with E-state index in [9.17, 15) is 4.79 Å². The number of carbonyl (C=O) groups excluding carboxylic acids is 1. The van der Waals surface area contributed by atoms with E-state index >= 15 is 0 Å². The first-order valence-corrected chi connectivity index (χ1v) is 9.90. The third-order valence-electron chi connectivity index (χ3n) is 5.68. The molecular weight excluding hydrogens is 328 g/mol. The summed E-state index contributed by atoms with van der Waals surface area (Å²) in [5.74, 6) is 1.03. The second-order valence-electron chi connectivity index (χ2n) is 7.41. The van der Waals surface area contributed by atoms with Crippen LogP contribution in [0.2, 0.25) is 0 Å². The molecule has 140 valence electrons. The van der Waals surface area contributed by atoms with Gasteiger partial charge in [0.1, 0.15) is 5.76 Å². The van der Waals surface area contributed by atoms with Crippen molar-refractivity contribution >= 4 is 5.91 Å². The molecule has 1 aliphatic heterocycles. The van der Waals surface area contributed by atoms with Crippen molar-refractivity contribution < 1.29 is 9.21 Å². The fraction of sp³-hybridized carbons (Fsp3) is 0.600. The summed E-state index contributed by atoms with van der Waals surface area (Å²) in [4.78, 5) is 14.8. The standard InChI is InChI=1S/C20H28N4O2/c25-20(10-9-17-15-6-1-2-7-16(15)22-23-17)21-14-18(19-8-5-13-26-19)24-11-3-4-12-24/h5,8,13,18H,1-4,6-7,9-12,14H2,(H,21,25)(H,22,23)/t18-/m1/s1. The highest BCUT2D eigenvalue weighted by molar-refractivity contribution is 5.76. The van der Waals surface area contributed by atoms with Crippen molar-refractivity contribution in [1.29, 1.82) is 0 Å². The van der Waals surface area contributed by atoms with Gasteiger partial charge in [-0.3, -0.25) is 14.8 Å². The Labute approximate surface area is 154 Å². The van der Waals surface area contributed by atoms with Crippen LogP contribution < -0.4 is 5.32 Å². The molecule has 6 nitrogen and oxygen atoms in total. The Hall–Kier alpha value is -2.08. The third kappa shape index (κ3) is 3.85. The van der Waals surface area contributed by atoms with E-state index in [2.05, 4.69) is 20.4 Å². The van der Waals surface area contributed by atoms with Crippen molar-refractivity contribution in [2.24, 2.45) is 0 Å². The maximum atomic E-state index is 12.4. The Bertz CT molecular complexity index is 716. The molecule has 0 saturated carbocycles. The van der Waals surface area contributed by atoms with Gasteiger partial charge in [-0.05, 0) is 69.3 Å². The van der Waals surface area contributed by atoms with E-state index in [1.165, 1.54) is 36.9 Å². The quantitative estimate of drug-likeness (QED) is 0.800. The zero-order chi connectivity index (χ0) is 17.8. The predicted molar refractivity (Wildman–Crippen MR) is 98.8 cm³/mol. The summed E-state index contributed by atoms with van der Waals surface area (Å²) < 4.78 is 5.61. The summed E-state index contributed by atoms with van der Waals surface area (Å²) >= 11 is 0. The van der Waals surface area contributed by atoms with Crippen LogP contribution >= 0.6 is 0 Å². The number of likely N-dealkylation sites (tertiary alicyclic amines) is 1. The molecule has 0 unspecified atom stereocenters. The van der Waals surface area contributed by atoms with Crippen molar-refractivity contribution in [1.82, 2.24) is 20.4 Å². The molecule has 0 aromatic carbocycles. The van der Waals surface area contributed by atoms with E-state index in [-0.39, 0.29) is 11.9 Å². The lowest BCUT2D eigenvalue weighted by molar-refractivity contribution is -0.121. The van der Waals surface area contributed by atoms with Gasteiger partial charge in [-0.15, -0.1) is 0 Å². The van der Waals surface area contributed by atoms with Crippen LogP contribution in [0.3, 0.4) is 0 Å². The van der Waals surface area contributed by atoms with Gasteiger partial charge in [0.25, 0.3) is 0 Å². The average molecular weight is 356 g/mol. The van der Waals surface area contributed by atoms with Gasteiger partial charge in [0.15, 0.2) is 0 Å². The first-order valence-electron chi connectivity index (χ1n) is 9.90. The van der Waals surface area contributed by atoms with Crippen molar-refractivity contribution in [3.05, 3.63) is 41.1 Å². The van der Waals surface area contributed by atoms with Crippen LogP contribution in [0, 0.1) is 0 Å². The van der Waals surface area contributed by atoms with Gasteiger partial charge < -0.3 is 9.73 Å². The second kappa shape index (κ2) is 8.08. The molecule has 26 heavy (non-hydrogen) atoms. The normalized spacial score (nSPS) is 18.6. The van der Waals surface area contributed by atoms with Crippen molar-refractivity contribution in [3.63, 3.8) is 0 Å². The number of aryl methyl sites for hydroxylation is 2. The topological polar surface area (TPSA) is 74.2 Å². The number of hydrogen-bond acceptors (Lipinski definition) is 4. The molecule has 0 bridgehead atoms. The summed E-state index contributed by atoms with van der Waals surface area (Å²) in [5.41, 5.74) is 3.71. The lowest BCUT2D eigenvalue weighted by Crippen LogP contribution is -2.36. The zero-order valence-electron chi connectivity index (χ0n) is 15.3. The molecule has 0 radical (unpaired) electrons. The van der Waals surface area contributed by atoms with Crippen LogP contribution in [-0.2, 0) is 24.1 Å². The van der Waals surface area contributed by atoms with Crippen LogP contribution in [0.1, 0.15) is 60.9 Å². The molecule has 0 spiro atoms. The summed E-state index contributed by atoms with van der Waals surface area (Å²) in [6.45, 7) is 2.74. The van der Waals surface area contributed by atoms with Gasteiger partial charge >= 0.3 is 0 Å². The van der Waals surface area contributed by atoms with Gasteiger partial charge in [-0.25, -0.2) is 0 Å². The average Bonchev–Trinajstić information content (AvgIpc) is 3.42. The molecule has 4 rings (SSSR count). The molecule has 1 amide bonds. The van der Waals surface area contributed by atoms with Gasteiger partial charge in [0.2, 0.25) is 5.91 Å². The third-order valence-corrected chi connectivity index (χ3v) is 5.68. The van der Waals surface area contributed by atoms with E-state index in [1.807, 2.05) is 12.1 Å². The SMILES string of the molecule is O=C(CCc1n[nH]c2c1CCCC2)NC[C@H](c1ccco1)N1CCCC1. The second-order valence-corrected chi connectivity index (χ2v) is 7.41. The van der Waals surface area contributed by atoms with Crippen LogP contribution in [-0.4, -0.2) is 40.6 Å². The van der Waals surface area contributed by atoms with Crippen LogP contribution in [0.15, 0.2) is 22.8 Å². The Morgan fingerprint density at radius 2 is 2.12 bits per heavy atom. The van der Waals surface area contributed by atoms with E-state index in [0.717, 1.165) is 37.4 Å². The molecule has 1 atom stereocenters. The van der Waals surface area contributed by atoms with Gasteiger partial charge in [-0.2, -0.15) is 5.10 Å². The minimum atomic E-state index is 0.0910. The fourth-order valence-electron chi connectivity index (χ4n) is 4.23. The van der Waals surface area contributed by atoms with E-state index in [0.29, 0.717) is 19.4 Å². The first kappa shape index (κ1) is 17.3. The maximum Gasteiger partial charge on any atom is 0.220 e. The molecule has 1 saturated heterocycles. The first-order chi connectivity index (χ1) is 12.8.